The minimum atomic E-state index is 0.763. The number of aromatic nitrogens is 1. The molecule has 0 atom stereocenters. The summed E-state index contributed by atoms with van der Waals surface area (Å²) in [6.45, 7) is 4.83. The first kappa shape index (κ1) is 11.2. The molecule has 2 nitrogen and oxygen atoms in total. The lowest BCUT2D eigenvalue weighted by molar-refractivity contribution is 0.787. The van der Waals surface area contributed by atoms with Crippen LogP contribution in [0.5, 0.6) is 0 Å². The van der Waals surface area contributed by atoms with Crippen molar-refractivity contribution in [3.63, 3.8) is 0 Å². The van der Waals surface area contributed by atoms with E-state index in [4.69, 9.17) is 4.99 Å². The van der Waals surface area contributed by atoms with Crippen molar-refractivity contribution in [3.8, 4) is 0 Å². The summed E-state index contributed by atoms with van der Waals surface area (Å²) in [6.07, 6.45) is 0. The molecule has 0 saturated carbocycles. The molecule has 0 fully saturated rings. The maximum atomic E-state index is 4.69. The lowest BCUT2D eigenvalue weighted by Crippen LogP contribution is -2.17. The van der Waals surface area contributed by atoms with Crippen molar-refractivity contribution in [2.75, 3.05) is 0 Å². The van der Waals surface area contributed by atoms with Crippen molar-refractivity contribution >= 4 is 16.6 Å². The topological polar surface area (TPSA) is 17.3 Å². The second-order valence-corrected chi connectivity index (χ2v) is 5.07. The van der Waals surface area contributed by atoms with Crippen molar-refractivity contribution in [2.24, 2.45) is 4.99 Å². The number of hydrogen-bond donors (Lipinski definition) is 0. The maximum absolute atomic E-state index is 4.69. The van der Waals surface area contributed by atoms with Crippen LogP contribution in [0.3, 0.4) is 0 Å². The van der Waals surface area contributed by atoms with Crippen LogP contribution in [-0.2, 0) is 6.54 Å². The van der Waals surface area contributed by atoms with Crippen LogP contribution in [-0.4, -0.2) is 10.3 Å². The van der Waals surface area contributed by atoms with E-state index in [2.05, 4.69) is 53.6 Å². The predicted octanol–water partition coefficient (Wildman–Crippen LogP) is 4.01. The number of fused-ring (bicyclic) bond motifs is 3. The van der Waals surface area contributed by atoms with Crippen LogP contribution in [0.2, 0.25) is 0 Å². The molecule has 0 radical (unpaired) electrons. The minimum Gasteiger partial charge on any atom is -0.333 e. The highest BCUT2D eigenvalue weighted by Gasteiger charge is 2.19. The molecular formula is C18H14N2. The van der Waals surface area contributed by atoms with Crippen molar-refractivity contribution in [2.45, 2.75) is 6.54 Å². The summed E-state index contributed by atoms with van der Waals surface area (Å²) >= 11 is 0. The van der Waals surface area contributed by atoms with Crippen molar-refractivity contribution in [1.29, 1.82) is 0 Å². The third kappa shape index (κ3) is 1.62. The van der Waals surface area contributed by atoms with Gasteiger partial charge < -0.3 is 4.57 Å². The summed E-state index contributed by atoms with van der Waals surface area (Å²) in [5, 5.41) is 1.25. The fourth-order valence-corrected chi connectivity index (χ4v) is 2.82. The molecule has 0 aliphatic carbocycles. The highest BCUT2D eigenvalue weighted by Crippen LogP contribution is 2.27. The fourth-order valence-electron chi connectivity index (χ4n) is 2.82. The Morgan fingerprint density at radius 2 is 1.70 bits per heavy atom. The van der Waals surface area contributed by atoms with Gasteiger partial charge in [-0.1, -0.05) is 55.1 Å². The zero-order chi connectivity index (χ0) is 13.5. The molecule has 0 spiro atoms. The molecule has 2 heteroatoms. The molecule has 96 valence electrons. The number of aliphatic imine (C=N–C) groups is 1. The predicted molar refractivity (Wildman–Crippen MR) is 83.2 cm³/mol. The Morgan fingerprint density at radius 3 is 2.55 bits per heavy atom. The first-order chi connectivity index (χ1) is 9.83. The largest absolute Gasteiger partial charge is 0.333 e. The average molecular weight is 258 g/mol. The third-order valence-electron chi connectivity index (χ3n) is 3.71. The normalized spacial score (nSPS) is 14.2. The van der Waals surface area contributed by atoms with Crippen LogP contribution < -0.4 is 0 Å². The van der Waals surface area contributed by atoms with Crippen LogP contribution >= 0.6 is 0 Å². The number of rotatable bonds is 1. The molecule has 4 rings (SSSR count). The summed E-state index contributed by atoms with van der Waals surface area (Å²) in [5.41, 5.74) is 5.46. The Balaban J connectivity index is 2.00. The van der Waals surface area contributed by atoms with Gasteiger partial charge in [-0.2, -0.15) is 0 Å². The van der Waals surface area contributed by atoms with Crippen molar-refractivity contribution < 1.29 is 0 Å². The minimum absolute atomic E-state index is 0.763. The number of nitrogens with zero attached hydrogens (tertiary/aromatic N) is 2. The number of hydrogen-bond acceptors (Lipinski definition) is 1. The van der Waals surface area contributed by atoms with Gasteiger partial charge in [-0.15, -0.1) is 0 Å². The van der Waals surface area contributed by atoms with Crippen molar-refractivity contribution in [3.05, 3.63) is 84.2 Å². The molecule has 1 aromatic heterocycles. The molecule has 0 unspecified atom stereocenters. The van der Waals surface area contributed by atoms with Crippen LogP contribution in [0, 0.1) is 0 Å². The van der Waals surface area contributed by atoms with Gasteiger partial charge in [-0.25, -0.2) is 4.99 Å². The summed E-state index contributed by atoms with van der Waals surface area (Å²) < 4.78 is 2.30. The molecule has 0 amide bonds. The Hall–Kier alpha value is -2.61. The molecule has 20 heavy (non-hydrogen) atoms. The molecule has 0 saturated heterocycles. The van der Waals surface area contributed by atoms with E-state index in [0.29, 0.717) is 0 Å². The quantitative estimate of drug-likeness (QED) is 0.627. The van der Waals surface area contributed by atoms with Gasteiger partial charge in [-0.05, 0) is 12.1 Å². The first-order valence-electron chi connectivity index (χ1n) is 6.73. The molecule has 3 aromatic rings. The van der Waals surface area contributed by atoms with E-state index in [1.54, 1.807) is 0 Å². The van der Waals surface area contributed by atoms with E-state index >= 15 is 0 Å². The summed E-state index contributed by atoms with van der Waals surface area (Å²) in [7, 11) is 0. The van der Waals surface area contributed by atoms with E-state index in [9.17, 15) is 0 Å². The van der Waals surface area contributed by atoms with Crippen LogP contribution in [0.25, 0.3) is 10.9 Å². The maximum Gasteiger partial charge on any atom is 0.0943 e. The number of benzene rings is 2. The lowest BCUT2D eigenvalue weighted by Gasteiger charge is -2.18. The highest BCUT2D eigenvalue weighted by molar-refractivity contribution is 6.15. The number of allylic oxidation sites excluding steroid dienone is 1. The Morgan fingerprint density at radius 1 is 0.950 bits per heavy atom. The van der Waals surface area contributed by atoms with E-state index in [0.717, 1.165) is 23.5 Å². The van der Waals surface area contributed by atoms with Gasteiger partial charge in [0.05, 0.1) is 23.6 Å². The van der Waals surface area contributed by atoms with Gasteiger partial charge >= 0.3 is 0 Å². The Bertz CT molecular complexity index is 838. The second-order valence-electron chi connectivity index (χ2n) is 5.07. The standard InChI is InChI=1S/C18H14N2/c1-13-12-20-16-10-6-5-9-15(16)11-17(20)18(19-13)14-7-3-2-4-8-14/h2-11H,1,12H2. The third-order valence-corrected chi connectivity index (χ3v) is 3.71. The van der Waals surface area contributed by atoms with Gasteiger partial charge in [0.1, 0.15) is 0 Å². The molecule has 1 aliphatic rings. The Labute approximate surface area is 117 Å². The molecular weight excluding hydrogens is 244 g/mol. The SMILES string of the molecule is C=C1Cn2c(cc3ccccc32)C(c2ccccc2)=N1. The molecule has 2 aromatic carbocycles. The van der Waals surface area contributed by atoms with E-state index in [1.165, 1.54) is 16.6 Å². The fraction of sp³-hybridized carbons (Fsp3) is 0.0556. The molecule has 0 N–H and O–H groups in total. The van der Waals surface area contributed by atoms with Crippen LogP contribution in [0.15, 0.2) is 77.9 Å². The second kappa shape index (κ2) is 4.20. The van der Waals surface area contributed by atoms with Gasteiger partial charge in [0.2, 0.25) is 0 Å². The monoisotopic (exact) mass is 258 g/mol. The first-order valence-corrected chi connectivity index (χ1v) is 6.73. The van der Waals surface area contributed by atoms with Crippen LogP contribution in [0.4, 0.5) is 0 Å². The van der Waals surface area contributed by atoms with E-state index in [-0.39, 0.29) is 0 Å². The summed E-state index contributed by atoms with van der Waals surface area (Å²) in [5.74, 6) is 0. The summed E-state index contributed by atoms with van der Waals surface area (Å²) in [4.78, 5) is 4.69. The smallest absolute Gasteiger partial charge is 0.0943 e. The molecule has 2 heterocycles. The zero-order valence-electron chi connectivity index (χ0n) is 11.1. The van der Waals surface area contributed by atoms with Gasteiger partial charge in [0.15, 0.2) is 0 Å². The lowest BCUT2D eigenvalue weighted by atomic mass is 10.1. The van der Waals surface area contributed by atoms with Gasteiger partial charge in [0, 0.05) is 16.5 Å². The summed E-state index contributed by atoms with van der Waals surface area (Å²) in [6, 6.07) is 21.0. The highest BCUT2D eigenvalue weighted by atomic mass is 15.1. The zero-order valence-corrected chi connectivity index (χ0v) is 11.1. The molecule has 0 bridgehead atoms. The van der Waals surface area contributed by atoms with Crippen LogP contribution in [0.1, 0.15) is 11.3 Å². The average Bonchev–Trinajstić information content (AvgIpc) is 2.86. The van der Waals surface area contributed by atoms with Gasteiger partial charge in [0.25, 0.3) is 0 Å². The van der Waals surface area contributed by atoms with Gasteiger partial charge in [-0.3, -0.25) is 0 Å². The number of para-hydroxylation sites is 1. The molecule has 1 aliphatic heterocycles. The van der Waals surface area contributed by atoms with Crippen molar-refractivity contribution in [1.82, 2.24) is 4.57 Å². The Kier molecular flexibility index (Phi) is 2.36. The van der Waals surface area contributed by atoms with E-state index in [1.807, 2.05) is 18.2 Å². The van der Waals surface area contributed by atoms with E-state index < -0.39 is 0 Å².